The maximum absolute atomic E-state index is 13.4. The maximum atomic E-state index is 13.4. The first kappa shape index (κ1) is 19.9. The standard InChI is InChI=1S/C22H26N2O2S.ClH/c25-21(24-13-4-7-18(24)16-5-2-1-3-6-16)20-15-17-19(27-20)8-14-26-22(17)9-11-23-12-10-22;/h1-3,5-6,15,18,23H,4,7-14H2;1H. The lowest BCUT2D eigenvalue weighted by Crippen LogP contribution is -2.44. The van der Waals surface area contributed by atoms with Crippen molar-refractivity contribution in [2.45, 2.75) is 43.7 Å². The van der Waals surface area contributed by atoms with E-state index >= 15 is 0 Å². The molecule has 6 heteroatoms. The molecule has 0 saturated carbocycles. The summed E-state index contributed by atoms with van der Waals surface area (Å²) in [5, 5.41) is 3.43. The smallest absolute Gasteiger partial charge is 0.264 e. The number of ether oxygens (including phenoxy) is 1. The third-order valence-electron chi connectivity index (χ3n) is 6.33. The number of carbonyl (C=O) groups excluding carboxylic acids is 1. The molecule has 3 aliphatic heterocycles. The average Bonchev–Trinajstić information content (AvgIpc) is 3.37. The molecule has 4 nitrogen and oxygen atoms in total. The Morgan fingerprint density at radius 2 is 2.00 bits per heavy atom. The zero-order chi connectivity index (χ0) is 18.3. The zero-order valence-corrected chi connectivity index (χ0v) is 17.6. The Balaban J connectivity index is 0.00000192. The monoisotopic (exact) mass is 418 g/mol. The van der Waals surface area contributed by atoms with Gasteiger partial charge in [-0.15, -0.1) is 23.7 Å². The molecule has 1 unspecified atom stereocenters. The van der Waals surface area contributed by atoms with Gasteiger partial charge in [0.25, 0.3) is 5.91 Å². The molecule has 0 radical (unpaired) electrons. The van der Waals surface area contributed by atoms with E-state index in [9.17, 15) is 4.79 Å². The topological polar surface area (TPSA) is 41.6 Å². The summed E-state index contributed by atoms with van der Waals surface area (Å²) >= 11 is 1.70. The number of amides is 1. The highest BCUT2D eigenvalue weighted by molar-refractivity contribution is 7.14. The molecule has 1 aromatic carbocycles. The second-order valence-electron chi connectivity index (χ2n) is 7.86. The summed E-state index contributed by atoms with van der Waals surface area (Å²) in [6.07, 6.45) is 5.07. The lowest BCUT2D eigenvalue weighted by atomic mass is 9.83. The summed E-state index contributed by atoms with van der Waals surface area (Å²) in [6, 6.07) is 12.8. The number of hydrogen-bond acceptors (Lipinski definition) is 4. The van der Waals surface area contributed by atoms with E-state index in [0.29, 0.717) is 0 Å². The molecule has 1 atom stereocenters. The Bertz CT molecular complexity index is 832. The van der Waals surface area contributed by atoms with E-state index in [1.165, 1.54) is 16.0 Å². The molecule has 2 aromatic rings. The van der Waals surface area contributed by atoms with Crippen LogP contribution in [-0.4, -0.2) is 37.0 Å². The minimum absolute atomic E-state index is 0. The average molecular weight is 419 g/mol. The van der Waals surface area contributed by atoms with E-state index in [0.717, 1.165) is 63.2 Å². The van der Waals surface area contributed by atoms with Gasteiger partial charge in [-0.05, 0) is 56.0 Å². The minimum atomic E-state index is -0.169. The first-order chi connectivity index (χ1) is 13.3. The quantitative estimate of drug-likeness (QED) is 0.790. The molecule has 1 amide bonds. The number of benzene rings is 1. The van der Waals surface area contributed by atoms with Gasteiger partial charge in [-0.3, -0.25) is 4.79 Å². The molecule has 150 valence electrons. The number of fused-ring (bicyclic) bond motifs is 2. The summed E-state index contributed by atoms with van der Waals surface area (Å²) in [7, 11) is 0. The molecule has 28 heavy (non-hydrogen) atoms. The van der Waals surface area contributed by atoms with E-state index in [4.69, 9.17) is 4.74 Å². The summed E-state index contributed by atoms with van der Waals surface area (Å²) in [6.45, 7) is 3.60. The number of thiophene rings is 1. The van der Waals surface area contributed by atoms with Crippen molar-refractivity contribution in [3.8, 4) is 0 Å². The van der Waals surface area contributed by atoms with Gasteiger partial charge in [0.15, 0.2) is 0 Å². The van der Waals surface area contributed by atoms with Crippen LogP contribution in [0.2, 0.25) is 0 Å². The van der Waals surface area contributed by atoms with Crippen molar-refractivity contribution < 1.29 is 9.53 Å². The molecule has 1 spiro atoms. The van der Waals surface area contributed by atoms with E-state index < -0.39 is 0 Å². The largest absolute Gasteiger partial charge is 0.370 e. The first-order valence-corrected chi connectivity index (χ1v) is 10.9. The highest BCUT2D eigenvalue weighted by Gasteiger charge is 2.41. The van der Waals surface area contributed by atoms with E-state index in [1.54, 1.807) is 11.3 Å². The molecular formula is C22H27ClN2O2S. The van der Waals surface area contributed by atoms with Crippen molar-refractivity contribution in [1.29, 1.82) is 0 Å². The summed E-state index contributed by atoms with van der Waals surface area (Å²) in [4.78, 5) is 17.7. The molecule has 0 bridgehead atoms. The maximum Gasteiger partial charge on any atom is 0.264 e. The van der Waals surface area contributed by atoms with Crippen LogP contribution in [0.1, 0.15) is 57.4 Å². The van der Waals surface area contributed by atoms with Gasteiger partial charge >= 0.3 is 0 Å². The Morgan fingerprint density at radius 1 is 1.21 bits per heavy atom. The molecule has 1 N–H and O–H groups in total. The van der Waals surface area contributed by atoms with Crippen molar-refractivity contribution in [2.75, 3.05) is 26.2 Å². The van der Waals surface area contributed by atoms with Crippen LogP contribution in [0.15, 0.2) is 36.4 Å². The van der Waals surface area contributed by atoms with Gasteiger partial charge < -0.3 is 15.0 Å². The van der Waals surface area contributed by atoms with E-state index in [-0.39, 0.29) is 30.0 Å². The molecule has 0 aliphatic carbocycles. The van der Waals surface area contributed by atoms with Crippen LogP contribution in [0.3, 0.4) is 0 Å². The van der Waals surface area contributed by atoms with Crippen LogP contribution >= 0.6 is 23.7 Å². The fourth-order valence-electron chi connectivity index (χ4n) is 4.94. The fourth-order valence-corrected chi connectivity index (χ4v) is 6.13. The number of likely N-dealkylation sites (tertiary alicyclic amines) is 1. The lowest BCUT2D eigenvalue weighted by molar-refractivity contribution is -0.0792. The molecule has 3 aliphatic rings. The first-order valence-electron chi connectivity index (χ1n) is 10.1. The molecular weight excluding hydrogens is 392 g/mol. The highest BCUT2D eigenvalue weighted by Crippen LogP contribution is 2.44. The molecule has 5 rings (SSSR count). The second kappa shape index (κ2) is 8.15. The van der Waals surface area contributed by atoms with Gasteiger partial charge in [0.2, 0.25) is 0 Å². The third kappa shape index (κ3) is 3.39. The van der Waals surface area contributed by atoms with Gasteiger partial charge in [0, 0.05) is 17.8 Å². The van der Waals surface area contributed by atoms with Gasteiger partial charge in [0.1, 0.15) is 0 Å². The molecule has 2 saturated heterocycles. The zero-order valence-electron chi connectivity index (χ0n) is 16.0. The normalized spacial score (nSPS) is 23.3. The van der Waals surface area contributed by atoms with Gasteiger partial charge in [-0.2, -0.15) is 0 Å². The highest BCUT2D eigenvalue weighted by atomic mass is 35.5. The molecule has 2 fully saturated rings. The van der Waals surface area contributed by atoms with Gasteiger partial charge in [0.05, 0.1) is 23.1 Å². The van der Waals surface area contributed by atoms with E-state index in [2.05, 4.69) is 40.5 Å². The second-order valence-corrected chi connectivity index (χ2v) is 8.99. The van der Waals surface area contributed by atoms with Crippen molar-refractivity contribution in [2.24, 2.45) is 0 Å². The molecule has 4 heterocycles. The van der Waals surface area contributed by atoms with Crippen LogP contribution in [-0.2, 0) is 16.8 Å². The van der Waals surface area contributed by atoms with Crippen LogP contribution in [0.25, 0.3) is 0 Å². The third-order valence-corrected chi connectivity index (χ3v) is 7.51. The summed E-state index contributed by atoms with van der Waals surface area (Å²) in [5.74, 6) is 0.199. The van der Waals surface area contributed by atoms with Crippen LogP contribution in [0.5, 0.6) is 0 Å². The summed E-state index contributed by atoms with van der Waals surface area (Å²) < 4.78 is 6.28. The van der Waals surface area contributed by atoms with Crippen molar-refractivity contribution in [3.63, 3.8) is 0 Å². The SMILES string of the molecule is Cl.O=C(c1cc2c(s1)CCOC21CCNCC1)N1CCCC1c1ccccc1. The van der Waals surface area contributed by atoms with Crippen LogP contribution < -0.4 is 5.32 Å². The van der Waals surface area contributed by atoms with Crippen LogP contribution in [0, 0.1) is 0 Å². The van der Waals surface area contributed by atoms with Gasteiger partial charge in [-0.1, -0.05) is 30.3 Å². The van der Waals surface area contributed by atoms with E-state index in [1.807, 2.05) is 6.07 Å². The van der Waals surface area contributed by atoms with Crippen molar-refractivity contribution in [3.05, 3.63) is 57.3 Å². The predicted octanol–water partition coefficient (Wildman–Crippen LogP) is 4.30. The lowest BCUT2D eigenvalue weighted by Gasteiger charge is -2.40. The fraction of sp³-hybridized carbons (Fsp3) is 0.500. The number of piperidine rings is 1. The number of carbonyl (C=O) groups is 1. The Labute approximate surface area is 176 Å². The van der Waals surface area contributed by atoms with Crippen molar-refractivity contribution >= 4 is 29.7 Å². The predicted molar refractivity (Wildman–Crippen MR) is 114 cm³/mol. The molecule has 1 aromatic heterocycles. The number of nitrogens with zero attached hydrogens (tertiary/aromatic N) is 1. The number of nitrogens with one attached hydrogen (secondary N) is 1. The summed E-state index contributed by atoms with van der Waals surface area (Å²) in [5.41, 5.74) is 2.37. The number of rotatable bonds is 2. The van der Waals surface area contributed by atoms with Gasteiger partial charge in [-0.25, -0.2) is 0 Å². The van der Waals surface area contributed by atoms with Crippen molar-refractivity contribution in [1.82, 2.24) is 10.2 Å². The Morgan fingerprint density at radius 3 is 2.79 bits per heavy atom. The number of halogens is 1. The van der Waals surface area contributed by atoms with Crippen LogP contribution in [0.4, 0.5) is 0 Å². The Hall–Kier alpha value is -1.40. The Kier molecular flexibility index (Phi) is 5.79. The number of hydrogen-bond donors (Lipinski definition) is 1. The minimum Gasteiger partial charge on any atom is -0.370 e.